The van der Waals surface area contributed by atoms with E-state index in [2.05, 4.69) is 5.32 Å². The van der Waals surface area contributed by atoms with Crippen molar-refractivity contribution in [3.63, 3.8) is 0 Å². The van der Waals surface area contributed by atoms with Gasteiger partial charge in [0.1, 0.15) is 0 Å². The van der Waals surface area contributed by atoms with Gasteiger partial charge in [0.25, 0.3) is 5.91 Å². The summed E-state index contributed by atoms with van der Waals surface area (Å²) in [7, 11) is -1.00. The Kier molecular flexibility index (Phi) is 6.59. The molecule has 7 nitrogen and oxygen atoms in total. The summed E-state index contributed by atoms with van der Waals surface area (Å²) in [4.78, 5) is 24.4. The summed E-state index contributed by atoms with van der Waals surface area (Å²) in [6.07, 6.45) is -1.11. The maximum Gasteiger partial charge on any atom is 0.340 e. The quantitative estimate of drug-likeness (QED) is 0.739. The van der Waals surface area contributed by atoms with Crippen LogP contribution in [0.5, 0.6) is 0 Å². The molecule has 1 amide bonds. The molecule has 0 bridgehead atoms. The lowest BCUT2D eigenvalue weighted by atomic mass is 10.2. The Morgan fingerprint density at radius 2 is 1.74 bits per heavy atom. The van der Waals surface area contributed by atoms with Gasteiger partial charge in [-0.3, -0.25) is 4.79 Å². The van der Waals surface area contributed by atoms with Gasteiger partial charge in [0, 0.05) is 19.8 Å². The molecule has 0 aromatic heterocycles. The average Bonchev–Trinajstić information content (AvgIpc) is 2.62. The van der Waals surface area contributed by atoms with Gasteiger partial charge < -0.3 is 10.1 Å². The van der Waals surface area contributed by atoms with Crippen LogP contribution in [0.25, 0.3) is 0 Å². The van der Waals surface area contributed by atoms with E-state index in [1.54, 1.807) is 30.3 Å². The van der Waals surface area contributed by atoms with Crippen LogP contribution in [0.15, 0.2) is 53.4 Å². The number of halogens is 1. The van der Waals surface area contributed by atoms with Crippen molar-refractivity contribution in [3.05, 3.63) is 59.1 Å². The second-order valence-corrected chi connectivity index (χ2v) is 8.39. The van der Waals surface area contributed by atoms with Gasteiger partial charge in [-0.05, 0) is 37.3 Å². The molecule has 144 valence electrons. The maximum atomic E-state index is 12.4. The summed E-state index contributed by atoms with van der Waals surface area (Å²) < 4.78 is 30.6. The van der Waals surface area contributed by atoms with E-state index in [0.717, 1.165) is 10.4 Å². The van der Waals surface area contributed by atoms with Crippen LogP contribution in [0.1, 0.15) is 17.3 Å². The largest absolute Gasteiger partial charge is 0.449 e. The number of hydrogen-bond donors (Lipinski definition) is 1. The number of carbonyl (C=O) groups excluding carboxylic acids is 2. The Balaban J connectivity index is 2.16. The number of hydrogen-bond acceptors (Lipinski definition) is 5. The highest BCUT2D eigenvalue weighted by Crippen LogP contribution is 2.23. The molecular weight excluding hydrogens is 392 g/mol. The smallest absolute Gasteiger partial charge is 0.340 e. The SMILES string of the molecule is C[C@H](OC(=O)c1cc(S(=O)(=O)N(C)C)ccc1Cl)C(=O)Nc1ccccc1. The summed E-state index contributed by atoms with van der Waals surface area (Å²) in [6.45, 7) is 1.41. The second kappa shape index (κ2) is 8.51. The lowest BCUT2D eigenvalue weighted by molar-refractivity contribution is -0.123. The third-order valence-electron chi connectivity index (χ3n) is 3.63. The van der Waals surface area contributed by atoms with Gasteiger partial charge in [0.2, 0.25) is 10.0 Å². The third kappa shape index (κ3) is 5.06. The highest BCUT2D eigenvalue weighted by molar-refractivity contribution is 7.89. The number of esters is 1. The Hall–Kier alpha value is -2.42. The Morgan fingerprint density at radius 1 is 1.11 bits per heavy atom. The van der Waals surface area contributed by atoms with Crippen molar-refractivity contribution in [2.24, 2.45) is 0 Å². The molecule has 1 N–H and O–H groups in total. The molecule has 0 saturated carbocycles. The summed E-state index contributed by atoms with van der Waals surface area (Å²) in [5, 5.41) is 2.63. The Morgan fingerprint density at radius 3 is 2.33 bits per heavy atom. The van der Waals surface area contributed by atoms with E-state index in [-0.39, 0.29) is 15.5 Å². The second-order valence-electron chi connectivity index (χ2n) is 5.83. The standard InChI is InChI=1S/C18H19ClN2O5S/c1-12(17(22)20-13-7-5-4-6-8-13)26-18(23)15-11-14(9-10-16(15)19)27(24,25)21(2)3/h4-12H,1-3H3,(H,20,22)/t12-/m0/s1. The molecule has 0 aliphatic rings. The minimum absolute atomic E-state index is 0.0216. The zero-order chi connectivity index (χ0) is 20.2. The van der Waals surface area contributed by atoms with E-state index in [4.69, 9.17) is 16.3 Å². The first-order chi connectivity index (χ1) is 12.6. The Bertz CT molecular complexity index is 945. The van der Waals surface area contributed by atoms with Gasteiger partial charge in [-0.2, -0.15) is 0 Å². The zero-order valence-corrected chi connectivity index (χ0v) is 16.5. The fourth-order valence-electron chi connectivity index (χ4n) is 2.08. The molecule has 27 heavy (non-hydrogen) atoms. The van der Waals surface area contributed by atoms with Crippen molar-refractivity contribution in [3.8, 4) is 0 Å². The first-order valence-corrected chi connectivity index (χ1v) is 9.73. The lowest BCUT2D eigenvalue weighted by Gasteiger charge is -2.15. The molecule has 1 atom stereocenters. The highest BCUT2D eigenvalue weighted by atomic mass is 35.5. The third-order valence-corrected chi connectivity index (χ3v) is 5.77. The van der Waals surface area contributed by atoms with Gasteiger partial charge in [-0.1, -0.05) is 29.8 Å². The zero-order valence-electron chi connectivity index (χ0n) is 15.0. The summed E-state index contributed by atoms with van der Waals surface area (Å²) in [5.41, 5.74) is 0.418. The van der Waals surface area contributed by atoms with Crippen LogP contribution in [0, 0.1) is 0 Å². The molecule has 0 fully saturated rings. The Labute approximate surface area is 162 Å². The number of nitrogens with zero attached hydrogens (tertiary/aromatic N) is 1. The number of para-hydroxylation sites is 1. The van der Waals surface area contributed by atoms with Crippen LogP contribution in [-0.4, -0.2) is 44.8 Å². The molecule has 9 heteroatoms. The van der Waals surface area contributed by atoms with Gasteiger partial charge in [0.05, 0.1) is 15.5 Å². The predicted octanol–water partition coefficient (Wildman–Crippen LogP) is 2.77. The molecule has 0 radical (unpaired) electrons. The van der Waals surface area contributed by atoms with E-state index in [0.29, 0.717) is 5.69 Å². The molecule has 0 saturated heterocycles. The molecule has 2 aromatic carbocycles. The van der Waals surface area contributed by atoms with Crippen molar-refractivity contribution in [1.82, 2.24) is 4.31 Å². The van der Waals surface area contributed by atoms with Crippen LogP contribution in [-0.2, 0) is 19.6 Å². The van der Waals surface area contributed by atoms with E-state index in [1.165, 1.54) is 33.2 Å². The number of nitrogens with one attached hydrogen (secondary N) is 1. The minimum atomic E-state index is -3.75. The molecule has 0 unspecified atom stereocenters. The maximum absolute atomic E-state index is 12.4. The van der Waals surface area contributed by atoms with Gasteiger partial charge in [0.15, 0.2) is 6.10 Å². The van der Waals surface area contributed by atoms with Crippen molar-refractivity contribution in [1.29, 1.82) is 0 Å². The highest BCUT2D eigenvalue weighted by Gasteiger charge is 2.24. The molecule has 2 aromatic rings. The first kappa shape index (κ1) is 20.9. The first-order valence-electron chi connectivity index (χ1n) is 7.92. The molecule has 0 aliphatic heterocycles. The van der Waals surface area contributed by atoms with Gasteiger partial charge >= 0.3 is 5.97 Å². The monoisotopic (exact) mass is 410 g/mol. The normalized spacial score (nSPS) is 12.5. The van der Waals surface area contributed by atoms with Crippen LogP contribution >= 0.6 is 11.6 Å². The van der Waals surface area contributed by atoms with Gasteiger partial charge in [-0.25, -0.2) is 17.5 Å². The average molecular weight is 411 g/mol. The molecule has 2 rings (SSSR count). The molecule has 0 aliphatic carbocycles. The number of rotatable bonds is 6. The molecule has 0 spiro atoms. The number of amides is 1. The number of carbonyl (C=O) groups is 2. The van der Waals surface area contributed by atoms with E-state index < -0.39 is 28.0 Å². The van der Waals surface area contributed by atoms with Crippen molar-refractivity contribution in [2.45, 2.75) is 17.9 Å². The number of benzene rings is 2. The van der Waals surface area contributed by atoms with Crippen molar-refractivity contribution in [2.75, 3.05) is 19.4 Å². The van der Waals surface area contributed by atoms with E-state index >= 15 is 0 Å². The predicted molar refractivity (Wildman–Crippen MR) is 102 cm³/mol. The van der Waals surface area contributed by atoms with Crippen molar-refractivity contribution >= 4 is 39.2 Å². The lowest BCUT2D eigenvalue weighted by Crippen LogP contribution is -2.30. The van der Waals surface area contributed by atoms with Crippen LogP contribution in [0.4, 0.5) is 5.69 Å². The van der Waals surface area contributed by atoms with Crippen LogP contribution in [0.2, 0.25) is 5.02 Å². The molecular formula is C18H19ClN2O5S. The fraction of sp³-hybridized carbons (Fsp3) is 0.222. The summed E-state index contributed by atoms with van der Waals surface area (Å²) in [6, 6.07) is 12.4. The van der Waals surface area contributed by atoms with E-state index in [9.17, 15) is 18.0 Å². The number of sulfonamides is 1. The summed E-state index contributed by atoms with van der Waals surface area (Å²) in [5.74, 6) is -1.42. The van der Waals surface area contributed by atoms with Crippen LogP contribution in [0.3, 0.4) is 0 Å². The number of ether oxygens (including phenoxy) is 1. The van der Waals surface area contributed by atoms with Crippen LogP contribution < -0.4 is 5.32 Å². The van der Waals surface area contributed by atoms with E-state index in [1.807, 2.05) is 0 Å². The summed E-state index contributed by atoms with van der Waals surface area (Å²) >= 11 is 6.00. The number of anilines is 1. The van der Waals surface area contributed by atoms with Crippen molar-refractivity contribution < 1.29 is 22.7 Å². The fourth-order valence-corrected chi connectivity index (χ4v) is 3.20. The minimum Gasteiger partial charge on any atom is -0.449 e. The molecule has 0 heterocycles. The van der Waals surface area contributed by atoms with Gasteiger partial charge in [-0.15, -0.1) is 0 Å². The topological polar surface area (TPSA) is 92.8 Å².